The molecule has 1 heterocycles. The molecule has 160 valence electrons. The van der Waals surface area contributed by atoms with Crippen LogP contribution in [0, 0.1) is 5.82 Å². The number of methoxy groups -OCH3 is 1. The van der Waals surface area contributed by atoms with Gasteiger partial charge in [-0.1, -0.05) is 24.3 Å². The molecule has 7 heteroatoms. The molecule has 3 aromatic rings. The van der Waals surface area contributed by atoms with E-state index in [0.29, 0.717) is 29.2 Å². The van der Waals surface area contributed by atoms with Crippen LogP contribution in [0.5, 0.6) is 0 Å². The van der Waals surface area contributed by atoms with Gasteiger partial charge in [0.05, 0.1) is 24.7 Å². The highest BCUT2D eigenvalue weighted by Gasteiger charge is 2.44. The lowest BCUT2D eigenvalue weighted by Gasteiger charge is -2.17. The van der Waals surface area contributed by atoms with Gasteiger partial charge in [-0.25, -0.2) is 9.18 Å². The molecule has 1 amide bonds. The molecule has 2 aromatic carbocycles. The smallest absolute Gasteiger partial charge is 0.341 e. The molecule has 31 heavy (non-hydrogen) atoms. The molecule has 0 saturated heterocycles. The van der Waals surface area contributed by atoms with Crippen LogP contribution in [0.3, 0.4) is 0 Å². The fourth-order valence-corrected chi connectivity index (χ4v) is 4.54. The number of furan rings is 1. The Balaban J connectivity index is 1.42. The van der Waals surface area contributed by atoms with Gasteiger partial charge in [-0.3, -0.25) is 4.79 Å². The summed E-state index contributed by atoms with van der Waals surface area (Å²) in [6.07, 6.45) is 3.37. The monoisotopic (exact) mass is 439 g/mol. The van der Waals surface area contributed by atoms with Crippen LogP contribution in [0.2, 0.25) is 0 Å². The molecule has 4 rings (SSSR count). The molecule has 1 N–H and O–H groups in total. The lowest BCUT2D eigenvalue weighted by molar-refractivity contribution is 0.0598. The van der Waals surface area contributed by atoms with Crippen LogP contribution in [0.25, 0.3) is 0 Å². The molecule has 0 bridgehead atoms. The van der Waals surface area contributed by atoms with Crippen LogP contribution in [0.1, 0.15) is 44.9 Å². The first kappa shape index (κ1) is 21.2. The van der Waals surface area contributed by atoms with E-state index in [1.54, 1.807) is 24.3 Å². The normalized spacial score (nSPS) is 14.1. The van der Waals surface area contributed by atoms with Gasteiger partial charge in [0.1, 0.15) is 17.1 Å². The topological polar surface area (TPSA) is 68.5 Å². The van der Waals surface area contributed by atoms with E-state index in [1.165, 1.54) is 37.3 Å². The van der Waals surface area contributed by atoms with E-state index in [2.05, 4.69) is 5.32 Å². The first-order valence-electron chi connectivity index (χ1n) is 9.93. The highest BCUT2D eigenvalue weighted by atomic mass is 32.2. The van der Waals surface area contributed by atoms with Crippen LogP contribution in [-0.2, 0) is 15.9 Å². The van der Waals surface area contributed by atoms with Crippen molar-refractivity contribution in [3.8, 4) is 0 Å². The van der Waals surface area contributed by atoms with Crippen molar-refractivity contribution in [3.05, 3.63) is 89.1 Å². The summed E-state index contributed by atoms with van der Waals surface area (Å²) in [5.41, 5.74) is 1.88. The Labute approximate surface area is 184 Å². The lowest BCUT2D eigenvalue weighted by Crippen LogP contribution is -2.32. The van der Waals surface area contributed by atoms with Gasteiger partial charge < -0.3 is 14.5 Å². The van der Waals surface area contributed by atoms with Gasteiger partial charge in [-0.05, 0) is 48.7 Å². The summed E-state index contributed by atoms with van der Waals surface area (Å²) in [4.78, 5) is 25.5. The van der Waals surface area contributed by atoms with Crippen molar-refractivity contribution >= 4 is 23.6 Å². The molecule has 1 fully saturated rings. The number of thioether (sulfide) groups is 1. The third-order valence-electron chi connectivity index (χ3n) is 5.54. The Morgan fingerprint density at radius 2 is 1.84 bits per heavy atom. The number of ether oxygens (including phenoxy) is 1. The molecule has 5 nitrogen and oxygen atoms in total. The van der Waals surface area contributed by atoms with Gasteiger partial charge >= 0.3 is 5.97 Å². The largest absolute Gasteiger partial charge is 0.468 e. The van der Waals surface area contributed by atoms with E-state index in [9.17, 15) is 14.0 Å². The second kappa shape index (κ2) is 8.98. The summed E-state index contributed by atoms with van der Waals surface area (Å²) in [6.45, 7) is 0.501. The standard InChI is InChI=1S/C24H22FNO4S/c1-29-23(28)18-10-13-30-20(18)14-31-21-5-3-2-4-19(21)22(27)26-15-24(11-12-24)16-6-8-17(25)9-7-16/h2-10,13H,11-12,14-15H2,1H3,(H,26,27). The summed E-state index contributed by atoms with van der Waals surface area (Å²) in [6, 6.07) is 15.4. The molecular weight excluding hydrogens is 417 g/mol. The maximum atomic E-state index is 13.2. The first-order valence-corrected chi connectivity index (χ1v) is 10.9. The molecule has 0 aliphatic heterocycles. The molecule has 1 aromatic heterocycles. The number of esters is 1. The first-order chi connectivity index (χ1) is 15.0. The molecule has 1 aliphatic carbocycles. The van der Waals surface area contributed by atoms with Crippen LogP contribution in [0.4, 0.5) is 4.39 Å². The van der Waals surface area contributed by atoms with Crippen LogP contribution in [-0.4, -0.2) is 25.5 Å². The van der Waals surface area contributed by atoms with E-state index >= 15 is 0 Å². The fraction of sp³-hybridized carbons (Fsp3) is 0.250. The Kier molecular flexibility index (Phi) is 6.13. The van der Waals surface area contributed by atoms with Crippen molar-refractivity contribution in [2.75, 3.05) is 13.7 Å². The number of nitrogens with one attached hydrogen (secondary N) is 1. The predicted molar refractivity (Wildman–Crippen MR) is 116 cm³/mol. The molecule has 1 saturated carbocycles. The summed E-state index contributed by atoms with van der Waals surface area (Å²) in [5.74, 6) is 0.0121. The van der Waals surface area contributed by atoms with E-state index in [0.717, 1.165) is 23.3 Å². The minimum absolute atomic E-state index is 0.116. The number of rotatable bonds is 8. The predicted octanol–water partition coefficient (Wildman–Crippen LogP) is 4.96. The number of hydrogen-bond acceptors (Lipinski definition) is 5. The Bertz CT molecular complexity index is 1090. The summed E-state index contributed by atoms with van der Waals surface area (Å²) < 4.78 is 23.4. The second-order valence-corrected chi connectivity index (χ2v) is 8.52. The SMILES string of the molecule is COC(=O)c1ccoc1CSc1ccccc1C(=O)NCC1(c2ccc(F)cc2)CC1. The van der Waals surface area contributed by atoms with E-state index in [4.69, 9.17) is 9.15 Å². The Morgan fingerprint density at radius 1 is 1.10 bits per heavy atom. The van der Waals surface area contributed by atoms with E-state index in [1.807, 2.05) is 18.2 Å². The van der Waals surface area contributed by atoms with Crippen LogP contribution < -0.4 is 5.32 Å². The van der Waals surface area contributed by atoms with E-state index < -0.39 is 5.97 Å². The molecular formula is C24H22FNO4S. The molecule has 0 unspecified atom stereocenters. The van der Waals surface area contributed by atoms with Gasteiger partial charge in [-0.2, -0.15) is 0 Å². The molecule has 0 atom stereocenters. The third kappa shape index (κ3) is 4.66. The zero-order valence-corrected chi connectivity index (χ0v) is 17.8. The highest BCUT2D eigenvalue weighted by molar-refractivity contribution is 7.98. The van der Waals surface area contributed by atoms with E-state index in [-0.39, 0.29) is 17.1 Å². The van der Waals surface area contributed by atoms with Gasteiger partial charge in [0.2, 0.25) is 0 Å². The van der Waals surface area contributed by atoms with Crippen LogP contribution >= 0.6 is 11.8 Å². The number of halogens is 1. The molecule has 1 aliphatic rings. The quantitative estimate of drug-likeness (QED) is 0.397. The maximum absolute atomic E-state index is 13.2. The number of hydrogen-bond donors (Lipinski definition) is 1. The minimum atomic E-state index is -0.453. The highest BCUT2D eigenvalue weighted by Crippen LogP contribution is 2.47. The van der Waals surface area contributed by atoms with Crippen LogP contribution in [0.15, 0.2) is 70.2 Å². The third-order valence-corrected chi connectivity index (χ3v) is 6.61. The second-order valence-electron chi connectivity index (χ2n) is 7.50. The van der Waals surface area contributed by atoms with Crippen molar-refractivity contribution in [1.29, 1.82) is 0 Å². The Hall–Kier alpha value is -3.06. The van der Waals surface area contributed by atoms with Crippen molar-refractivity contribution in [3.63, 3.8) is 0 Å². The number of carbonyl (C=O) groups is 2. The number of carbonyl (C=O) groups excluding carboxylic acids is 2. The van der Waals surface area contributed by atoms with Gasteiger partial charge in [0, 0.05) is 16.9 Å². The lowest BCUT2D eigenvalue weighted by atomic mass is 9.96. The van der Waals surface area contributed by atoms with Crippen molar-refractivity contribution in [1.82, 2.24) is 5.32 Å². The molecule has 0 spiro atoms. The fourth-order valence-electron chi connectivity index (χ4n) is 3.53. The maximum Gasteiger partial charge on any atom is 0.341 e. The average Bonchev–Trinajstić information content (AvgIpc) is 3.44. The van der Waals surface area contributed by atoms with Gasteiger partial charge in [-0.15, -0.1) is 11.8 Å². The summed E-state index contributed by atoms with van der Waals surface area (Å²) in [5, 5.41) is 3.04. The Morgan fingerprint density at radius 3 is 2.55 bits per heavy atom. The number of benzene rings is 2. The van der Waals surface area contributed by atoms with Crippen molar-refractivity contribution in [2.24, 2.45) is 0 Å². The van der Waals surface area contributed by atoms with Crippen molar-refractivity contribution in [2.45, 2.75) is 28.9 Å². The molecule has 0 radical (unpaired) electrons. The number of amides is 1. The van der Waals surface area contributed by atoms with Gasteiger partial charge in [0.15, 0.2) is 0 Å². The minimum Gasteiger partial charge on any atom is -0.468 e. The zero-order valence-electron chi connectivity index (χ0n) is 17.0. The zero-order chi connectivity index (χ0) is 21.8. The van der Waals surface area contributed by atoms with Gasteiger partial charge in [0.25, 0.3) is 5.91 Å². The average molecular weight is 440 g/mol. The van der Waals surface area contributed by atoms with Crippen molar-refractivity contribution < 1.29 is 23.1 Å². The summed E-state index contributed by atoms with van der Waals surface area (Å²) in [7, 11) is 1.32. The summed E-state index contributed by atoms with van der Waals surface area (Å²) >= 11 is 1.42.